The van der Waals surface area contributed by atoms with Crippen LogP contribution < -0.4 is 10.6 Å². The molecule has 0 fully saturated rings. The van der Waals surface area contributed by atoms with E-state index in [4.69, 9.17) is 0 Å². The van der Waals surface area contributed by atoms with Gasteiger partial charge in [-0.1, -0.05) is 13.8 Å². The largest absolute Gasteiger partial charge is 0.364 e. The maximum Gasteiger partial charge on any atom is 0.234 e. The van der Waals surface area contributed by atoms with Crippen LogP contribution in [0.1, 0.15) is 19.5 Å². The molecule has 1 aromatic rings. The molecule has 0 saturated heterocycles. The van der Waals surface area contributed by atoms with Crippen LogP contribution in [0.4, 0.5) is 0 Å². The van der Waals surface area contributed by atoms with Gasteiger partial charge in [0, 0.05) is 17.9 Å². The van der Waals surface area contributed by atoms with Crippen molar-refractivity contribution in [1.29, 1.82) is 0 Å². The summed E-state index contributed by atoms with van der Waals surface area (Å²) in [5, 5.41) is 5.86. The summed E-state index contributed by atoms with van der Waals surface area (Å²) < 4.78 is 0. The quantitative estimate of drug-likeness (QED) is 0.645. The van der Waals surface area contributed by atoms with Crippen LogP contribution in [0.25, 0.3) is 0 Å². The van der Waals surface area contributed by atoms with Crippen molar-refractivity contribution < 1.29 is 4.79 Å². The van der Waals surface area contributed by atoms with Gasteiger partial charge in [-0.15, -0.1) is 0 Å². The van der Waals surface area contributed by atoms with E-state index in [1.54, 1.807) is 0 Å². The molecule has 0 unspecified atom stereocenters. The first-order valence-electron chi connectivity index (χ1n) is 4.81. The minimum Gasteiger partial charge on any atom is -0.364 e. The molecular formula is C10H17N3O. The normalized spacial score (nSPS) is 10.5. The van der Waals surface area contributed by atoms with Gasteiger partial charge >= 0.3 is 0 Å². The molecule has 0 aromatic carbocycles. The number of carbonyl (C=O) groups is 1. The van der Waals surface area contributed by atoms with E-state index in [0.717, 1.165) is 5.69 Å². The molecule has 0 aliphatic heterocycles. The van der Waals surface area contributed by atoms with Crippen LogP contribution in [0.15, 0.2) is 18.3 Å². The number of hydrogen-bond donors (Lipinski definition) is 3. The summed E-state index contributed by atoms with van der Waals surface area (Å²) in [6.07, 6.45) is 1.84. The zero-order chi connectivity index (χ0) is 10.4. The summed E-state index contributed by atoms with van der Waals surface area (Å²) in [4.78, 5) is 14.3. The Hall–Kier alpha value is -1.29. The first-order valence-corrected chi connectivity index (χ1v) is 4.81. The van der Waals surface area contributed by atoms with Crippen LogP contribution in [0.3, 0.4) is 0 Å². The van der Waals surface area contributed by atoms with Gasteiger partial charge in [0.1, 0.15) is 0 Å². The van der Waals surface area contributed by atoms with Gasteiger partial charge < -0.3 is 15.6 Å². The molecule has 4 nitrogen and oxygen atoms in total. The lowest BCUT2D eigenvalue weighted by atomic mass is 10.4. The van der Waals surface area contributed by atoms with Crippen molar-refractivity contribution in [2.24, 2.45) is 0 Å². The van der Waals surface area contributed by atoms with Crippen molar-refractivity contribution in [3.05, 3.63) is 24.0 Å². The first-order chi connectivity index (χ1) is 6.68. The maximum absolute atomic E-state index is 11.3. The second-order valence-electron chi connectivity index (χ2n) is 3.51. The fraction of sp³-hybridized carbons (Fsp3) is 0.500. The molecule has 1 aromatic heterocycles. The molecule has 0 atom stereocenters. The molecule has 0 aliphatic carbocycles. The summed E-state index contributed by atoms with van der Waals surface area (Å²) in [5.74, 6) is 0.0216. The van der Waals surface area contributed by atoms with Gasteiger partial charge in [0.25, 0.3) is 0 Å². The van der Waals surface area contributed by atoms with E-state index >= 15 is 0 Å². The van der Waals surface area contributed by atoms with Crippen molar-refractivity contribution >= 4 is 5.91 Å². The van der Waals surface area contributed by atoms with Crippen molar-refractivity contribution in [1.82, 2.24) is 15.6 Å². The van der Waals surface area contributed by atoms with Crippen molar-refractivity contribution in [2.45, 2.75) is 26.4 Å². The third-order valence-corrected chi connectivity index (χ3v) is 1.81. The molecule has 78 valence electrons. The number of carbonyl (C=O) groups excluding carboxylic acids is 1. The number of H-pyrrole nitrogens is 1. The second-order valence-corrected chi connectivity index (χ2v) is 3.51. The summed E-state index contributed by atoms with van der Waals surface area (Å²) in [6, 6.07) is 4.19. The Morgan fingerprint density at radius 1 is 1.57 bits per heavy atom. The van der Waals surface area contributed by atoms with Crippen LogP contribution in [-0.2, 0) is 11.3 Å². The van der Waals surface area contributed by atoms with Crippen molar-refractivity contribution in [2.75, 3.05) is 6.54 Å². The first kappa shape index (κ1) is 10.8. The lowest BCUT2D eigenvalue weighted by Crippen LogP contribution is -2.36. The summed E-state index contributed by atoms with van der Waals surface area (Å²) in [7, 11) is 0. The Balaban J connectivity index is 2.15. The van der Waals surface area contributed by atoms with E-state index in [9.17, 15) is 4.79 Å². The van der Waals surface area contributed by atoms with Crippen LogP contribution in [0.5, 0.6) is 0 Å². The average molecular weight is 195 g/mol. The Morgan fingerprint density at radius 2 is 2.36 bits per heavy atom. The highest BCUT2D eigenvalue weighted by Gasteiger charge is 2.01. The van der Waals surface area contributed by atoms with Gasteiger partial charge in [-0.25, -0.2) is 0 Å². The Morgan fingerprint density at radius 3 is 2.93 bits per heavy atom. The zero-order valence-electron chi connectivity index (χ0n) is 8.63. The van der Waals surface area contributed by atoms with Gasteiger partial charge in [-0.3, -0.25) is 4.79 Å². The lowest BCUT2D eigenvalue weighted by molar-refractivity contribution is -0.120. The predicted octanol–water partition coefficient (Wildman–Crippen LogP) is 0.629. The molecule has 4 heteroatoms. The number of aromatic amines is 1. The molecule has 1 amide bonds. The topological polar surface area (TPSA) is 56.9 Å². The van der Waals surface area contributed by atoms with Crippen LogP contribution in [0, 0.1) is 0 Å². The number of nitrogens with one attached hydrogen (secondary N) is 3. The summed E-state index contributed by atoms with van der Waals surface area (Å²) in [6.45, 7) is 4.96. The molecule has 1 rings (SSSR count). The van der Waals surface area contributed by atoms with Gasteiger partial charge in [0.15, 0.2) is 0 Å². The van der Waals surface area contributed by atoms with E-state index in [1.807, 2.05) is 32.2 Å². The molecule has 14 heavy (non-hydrogen) atoms. The minimum absolute atomic E-state index is 0.0216. The fourth-order valence-corrected chi connectivity index (χ4v) is 1.03. The fourth-order valence-electron chi connectivity index (χ4n) is 1.03. The highest BCUT2D eigenvalue weighted by Crippen LogP contribution is 1.92. The van der Waals surface area contributed by atoms with Gasteiger partial charge in [0.05, 0.1) is 13.1 Å². The molecule has 0 saturated carbocycles. The van der Waals surface area contributed by atoms with Crippen LogP contribution in [-0.4, -0.2) is 23.5 Å². The number of hydrogen-bond acceptors (Lipinski definition) is 2. The summed E-state index contributed by atoms with van der Waals surface area (Å²) in [5.41, 5.74) is 1.02. The van der Waals surface area contributed by atoms with Gasteiger partial charge in [-0.2, -0.15) is 0 Å². The maximum atomic E-state index is 11.3. The third-order valence-electron chi connectivity index (χ3n) is 1.81. The SMILES string of the molecule is CC(C)NCC(=O)NCc1ccc[nH]1. The van der Waals surface area contributed by atoms with Crippen LogP contribution >= 0.6 is 0 Å². The van der Waals surface area contributed by atoms with E-state index < -0.39 is 0 Å². The highest BCUT2D eigenvalue weighted by molar-refractivity contribution is 5.77. The van der Waals surface area contributed by atoms with Gasteiger partial charge in [-0.05, 0) is 12.1 Å². The van der Waals surface area contributed by atoms with E-state index in [-0.39, 0.29) is 5.91 Å². The molecule has 0 aliphatic rings. The Labute approximate surface area is 84.1 Å². The molecule has 1 heterocycles. The van der Waals surface area contributed by atoms with Gasteiger partial charge in [0.2, 0.25) is 5.91 Å². The molecule has 0 bridgehead atoms. The number of rotatable bonds is 5. The van der Waals surface area contributed by atoms with Crippen molar-refractivity contribution in [3.8, 4) is 0 Å². The standard InChI is InChI=1S/C10H17N3O/c1-8(2)12-7-10(14)13-6-9-4-3-5-11-9/h3-5,8,11-12H,6-7H2,1-2H3,(H,13,14). The monoisotopic (exact) mass is 195 g/mol. The Kier molecular flexibility index (Phi) is 4.19. The smallest absolute Gasteiger partial charge is 0.234 e. The molecular weight excluding hydrogens is 178 g/mol. The van der Waals surface area contributed by atoms with E-state index in [2.05, 4.69) is 15.6 Å². The molecule has 3 N–H and O–H groups in total. The average Bonchev–Trinajstić information content (AvgIpc) is 2.63. The third kappa shape index (κ3) is 4.09. The second kappa shape index (κ2) is 5.44. The molecule has 0 radical (unpaired) electrons. The zero-order valence-corrected chi connectivity index (χ0v) is 8.63. The number of aromatic nitrogens is 1. The highest BCUT2D eigenvalue weighted by atomic mass is 16.1. The Bertz CT molecular complexity index is 267. The summed E-state index contributed by atoms with van der Waals surface area (Å²) >= 11 is 0. The molecule has 0 spiro atoms. The van der Waals surface area contributed by atoms with E-state index in [0.29, 0.717) is 19.1 Å². The predicted molar refractivity (Wildman–Crippen MR) is 55.8 cm³/mol. The number of amides is 1. The minimum atomic E-state index is 0.0216. The lowest BCUT2D eigenvalue weighted by Gasteiger charge is -2.07. The van der Waals surface area contributed by atoms with E-state index in [1.165, 1.54) is 0 Å². The van der Waals surface area contributed by atoms with Crippen LogP contribution in [0.2, 0.25) is 0 Å². The van der Waals surface area contributed by atoms with Crippen molar-refractivity contribution in [3.63, 3.8) is 0 Å².